The SMILES string of the molecule is COC(=O)c1cccc2nc(COc3ccc(NC(C)=O)cc3)oc12. The third kappa shape index (κ3) is 3.77. The van der Waals surface area contributed by atoms with E-state index in [0.717, 1.165) is 0 Å². The average molecular weight is 340 g/mol. The van der Waals surface area contributed by atoms with Crippen molar-refractivity contribution in [2.24, 2.45) is 0 Å². The molecule has 0 saturated carbocycles. The van der Waals surface area contributed by atoms with Gasteiger partial charge in [0.15, 0.2) is 12.2 Å². The number of oxazole rings is 1. The maximum absolute atomic E-state index is 11.8. The predicted octanol–water partition coefficient (Wildman–Crippen LogP) is 3.15. The zero-order chi connectivity index (χ0) is 17.8. The highest BCUT2D eigenvalue weighted by Gasteiger charge is 2.16. The van der Waals surface area contributed by atoms with Crippen molar-refractivity contribution in [2.75, 3.05) is 12.4 Å². The summed E-state index contributed by atoms with van der Waals surface area (Å²) in [4.78, 5) is 27.1. The van der Waals surface area contributed by atoms with Crippen molar-refractivity contribution in [3.05, 3.63) is 53.9 Å². The number of esters is 1. The molecule has 1 N–H and O–H groups in total. The van der Waals surface area contributed by atoms with Gasteiger partial charge in [-0.3, -0.25) is 4.79 Å². The highest BCUT2D eigenvalue weighted by atomic mass is 16.5. The summed E-state index contributed by atoms with van der Waals surface area (Å²) in [7, 11) is 1.31. The minimum absolute atomic E-state index is 0.106. The van der Waals surface area contributed by atoms with E-state index in [2.05, 4.69) is 10.3 Å². The Morgan fingerprint density at radius 3 is 2.60 bits per heavy atom. The number of hydrogen-bond acceptors (Lipinski definition) is 6. The summed E-state index contributed by atoms with van der Waals surface area (Å²) in [5, 5.41) is 2.68. The van der Waals surface area contributed by atoms with Gasteiger partial charge in [-0.2, -0.15) is 0 Å². The molecule has 2 aromatic carbocycles. The molecule has 0 spiro atoms. The molecule has 3 rings (SSSR count). The number of hydrogen-bond donors (Lipinski definition) is 1. The van der Waals surface area contributed by atoms with Crippen molar-refractivity contribution in [2.45, 2.75) is 13.5 Å². The van der Waals surface area contributed by atoms with Crippen LogP contribution in [0.15, 0.2) is 46.9 Å². The van der Waals surface area contributed by atoms with Crippen molar-refractivity contribution in [3.8, 4) is 5.75 Å². The lowest BCUT2D eigenvalue weighted by molar-refractivity contribution is -0.114. The molecule has 128 valence electrons. The van der Waals surface area contributed by atoms with Crippen LogP contribution >= 0.6 is 0 Å². The monoisotopic (exact) mass is 340 g/mol. The maximum atomic E-state index is 11.8. The number of ether oxygens (including phenoxy) is 2. The lowest BCUT2D eigenvalue weighted by atomic mass is 10.2. The fourth-order valence-corrected chi connectivity index (χ4v) is 2.31. The standard InChI is InChI=1S/C18H16N2O5/c1-11(21)19-12-6-8-13(9-7-12)24-10-16-20-15-5-3-4-14(17(15)25-16)18(22)23-2/h3-9H,10H2,1-2H3,(H,19,21). The van der Waals surface area contributed by atoms with Crippen LogP contribution in [0, 0.1) is 0 Å². The quantitative estimate of drug-likeness (QED) is 0.718. The van der Waals surface area contributed by atoms with Crippen LogP contribution in [0.2, 0.25) is 0 Å². The van der Waals surface area contributed by atoms with Crippen LogP contribution in [0.3, 0.4) is 0 Å². The number of methoxy groups -OCH3 is 1. The minimum atomic E-state index is -0.484. The molecular formula is C18H16N2O5. The highest BCUT2D eigenvalue weighted by Crippen LogP contribution is 2.22. The Labute approximate surface area is 143 Å². The first-order chi connectivity index (χ1) is 12.1. The Balaban J connectivity index is 1.73. The minimum Gasteiger partial charge on any atom is -0.484 e. The van der Waals surface area contributed by atoms with Gasteiger partial charge in [0.05, 0.1) is 7.11 Å². The molecule has 0 saturated heterocycles. The maximum Gasteiger partial charge on any atom is 0.341 e. The molecular weight excluding hydrogens is 324 g/mol. The molecule has 0 aliphatic rings. The van der Waals surface area contributed by atoms with Gasteiger partial charge < -0.3 is 19.2 Å². The number of carbonyl (C=O) groups is 2. The number of nitrogens with zero attached hydrogens (tertiary/aromatic N) is 1. The third-order valence-electron chi connectivity index (χ3n) is 3.40. The Hall–Kier alpha value is -3.35. The first-order valence-electron chi connectivity index (χ1n) is 7.54. The second kappa shape index (κ2) is 7.04. The molecule has 1 aromatic heterocycles. The topological polar surface area (TPSA) is 90.7 Å². The van der Waals surface area contributed by atoms with Crippen LogP contribution < -0.4 is 10.1 Å². The molecule has 0 fully saturated rings. The second-order valence-corrected chi connectivity index (χ2v) is 5.25. The summed E-state index contributed by atoms with van der Waals surface area (Å²) >= 11 is 0. The van der Waals surface area contributed by atoms with Crippen LogP contribution in [0.25, 0.3) is 11.1 Å². The first-order valence-corrected chi connectivity index (χ1v) is 7.54. The lowest BCUT2D eigenvalue weighted by Crippen LogP contribution is -2.05. The van der Waals surface area contributed by atoms with Gasteiger partial charge >= 0.3 is 5.97 Å². The smallest absolute Gasteiger partial charge is 0.341 e. The summed E-state index contributed by atoms with van der Waals surface area (Å²) in [6.45, 7) is 1.55. The predicted molar refractivity (Wildman–Crippen MR) is 90.4 cm³/mol. The van der Waals surface area contributed by atoms with E-state index in [4.69, 9.17) is 13.9 Å². The number of rotatable bonds is 5. The van der Waals surface area contributed by atoms with E-state index in [-0.39, 0.29) is 12.5 Å². The van der Waals surface area contributed by atoms with E-state index in [0.29, 0.717) is 34.0 Å². The number of fused-ring (bicyclic) bond motifs is 1. The van der Waals surface area contributed by atoms with E-state index in [1.54, 1.807) is 42.5 Å². The van der Waals surface area contributed by atoms with Gasteiger partial charge in [0, 0.05) is 12.6 Å². The molecule has 1 amide bonds. The van der Waals surface area contributed by atoms with Crippen molar-refractivity contribution in [3.63, 3.8) is 0 Å². The Bertz CT molecular complexity index is 915. The summed E-state index contributed by atoms with van der Waals surface area (Å²) in [6.07, 6.45) is 0. The van der Waals surface area contributed by atoms with Crippen LogP contribution in [0.5, 0.6) is 5.75 Å². The number of benzene rings is 2. The molecule has 0 unspecified atom stereocenters. The molecule has 0 atom stereocenters. The van der Waals surface area contributed by atoms with Crippen LogP contribution in [-0.2, 0) is 16.1 Å². The molecule has 25 heavy (non-hydrogen) atoms. The van der Waals surface area contributed by atoms with Crippen LogP contribution in [0.1, 0.15) is 23.2 Å². The normalized spacial score (nSPS) is 10.5. The first kappa shape index (κ1) is 16.5. The van der Waals surface area contributed by atoms with Crippen molar-refractivity contribution < 1.29 is 23.5 Å². The Morgan fingerprint density at radius 1 is 1.16 bits per heavy atom. The number of aromatic nitrogens is 1. The number of amides is 1. The van der Waals surface area contributed by atoms with E-state index in [9.17, 15) is 9.59 Å². The van der Waals surface area contributed by atoms with Crippen LogP contribution in [0.4, 0.5) is 5.69 Å². The zero-order valence-electron chi connectivity index (χ0n) is 13.7. The summed E-state index contributed by atoms with van der Waals surface area (Å²) in [5.41, 5.74) is 1.93. The molecule has 0 aliphatic carbocycles. The van der Waals surface area contributed by atoms with E-state index >= 15 is 0 Å². The van der Waals surface area contributed by atoms with Crippen molar-refractivity contribution in [1.82, 2.24) is 4.98 Å². The zero-order valence-corrected chi connectivity index (χ0v) is 13.7. The van der Waals surface area contributed by atoms with E-state index < -0.39 is 5.97 Å². The Morgan fingerprint density at radius 2 is 1.92 bits per heavy atom. The number of carbonyl (C=O) groups excluding carboxylic acids is 2. The lowest BCUT2D eigenvalue weighted by Gasteiger charge is -2.05. The summed E-state index contributed by atoms with van der Waals surface area (Å²) in [6, 6.07) is 12.0. The molecule has 3 aromatic rings. The highest BCUT2D eigenvalue weighted by molar-refractivity contribution is 6.00. The largest absolute Gasteiger partial charge is 0.484 e. The van der Waals surface area contributed by atoms with Crippen molar-refractivity contribution in [1.29, 1.82) is 0 Å². The van der Waals surface area contributed by atoms with Gasteiger partial charge in [0.25, 0.3) is 0 Å². The molecule has 0 radical (unpaired) electrons. The number of anilines is 1. The van der Waals surface area contributed by atoms with Gasteiger partial charge in [0.1, 0.15) is 16.8 Å². The summed E-state index contributed by atoms with van der Waals surface area (Å²) in [5.74, 6) is 0.325. The molecule has 0 bridgehead atoms. The molecule has 7 heteroatoms. The van der Waals surface area contributed by atoms with Gasteiger partial charge in [-0.15, -0.1) is 0 Å². The van der Waals surface area contributed by atoms with Gasteiger partial charge in [-0.05, 0) is 36.4 Å². The molecule has 7 nitrogen and oxygen atoms in total. The fourth-order valence-electron chi connectivity index (χ4n) is 2.31. The Kier molecular flexibility index (Phi) is 4.65. The summed E-state index contributed by atoms with van der Waals surface area (Å²) < 4.78 is 16.0. The fraction of sp³-hybridized carbons (Fsp3) is 0.167. The van der Waals surface area contributed by atoms with E-state index in [1.807, 2.05) is 0 Å². The molecule has 0 aliphatic heterocycles. The molecule has 1 heterocycles. The number of para-hydroxylation sites is 1. The van der Waals surface area contributed by atoms with Gasteiger partial charge in [0.2, 0.25) is 11.8 Å². The van der Waals surface area contributed by atoms with Crippen LogP contribution in [-0.4, -0.2) is 24.0 Å². The number of nitrogens with one attached hydrogen (secondary N) is 1. The average Bonchev–Trinajstić information content (AvgIpc) is 3.03. The third-order valence-corrected chi connectivity index (χ3v) is 3.40. The van der Waals surface area contributed by atoms with E-state index in [1.165, 1.54) is 14.0 Å². The second-order valence-electron chi connectivity index (χ2n) is 5.25. The van der Waals surface area contributed by atoms with Gasteiger partial charge in [-0.1, -0.05) is 6.07 Å². The van der Waals surface area contributed by atoms with Gasteiger partial charge in [-0.25, -0.2) is 9.78 Å². The van der Waals surface area contributed by atoms with Crippen molar-refractivity contribution >= 4 is 28.7 Å².